The summed E-state index contributed by atoms with van der Waals surface area (Å²) in [5.41, 5.74) is 7.27. The number of hydrogen-bond acceptors (Lipinski definition) is 4. The Balaban J connectivity index is 2.33. The predicted molar refractivity (Wildman–Crippen MR) is 72.4 cm³/mol. The van der Waals surface area contributed by atoms with Crippen LogP contribution in [0.2, 0.25) is 5.02 Å². The van der Waals surface area contributed by atoms with Crippen LogP contribution in [0.1, 0.15) is 11.3 Å². The monoisotopic (exact) mass is 264 g/mol. The first-order valence-electron chi connectivity index (χ1n) is 5.29. The van der Waals surface area contributed by atoms with Crippen LogP contribution in [0.25, 0.3) is 0 Å². The molecular weight excluding hydrogens is 252 g/mol. The van der Waals surface area contributed by atoms with Crippen LogP contribution in [0, 0.1) is 6.92 Å². The molecule has 0 unspecified atom stereocenters. The molecule has 0 saturated carbocycles. The molecule has 94 valence electrons. The summed E-state index contributed by atoms with van der Waals surface area (Å²) in [6, 6.07) is 5.31. The molecule has 0 bridgehead atoms. The first-order valence-corrected chi connectivity index (χ1v) is 5.67. The number of aryl methyl sites for hydroxylation is 1. The van der Waals surface area contributed by atoms with E-state index in [1.165, 1.54) is 4.68 Å². The van der Waals surface area contributed by atoms with Gasteiger partial charge < -0.3 is 10.5 Å². The normalized spacial score (nSPS) is 11.1. The number of halogens is 1. The molecule has 6 heteroatoms. The Bertz CT molecular complexity index is 592. The van der Waals surface area contributed by atoms with Crippen LogP contribution < -0.4 is 10.5 Å². The number of rotatable bonds is 3. The second-order valence-corrected chi connectivity index (χ2v) is 4.15. The number of nitrogens with zero attached hydrogens (tertiary/aromatic N) is 3. The van der Waals surface area contributed by atoms with Crippen molar-refractivity contribution in [2.45, 2.75) is 6.92 Å². The van der Waals surface area contributed by atoms with Crippen LogP contribution in [0.15, 0.2) is 29.5 Å². The lowest BCUT2D eigenvalue weighted by Crippen LogP contribution is -1.98. The van der Waals surface area contributed by atoms with Gasteiger partial charge in [-0.2, -0.15) is 5.10 Å². The lowest BCUT2D eigenvalue weighted by atomic mass is 10.2. The van der Waals surface area contributed by atoms with Crippen molar-refractivity contribution in [3.63, 3.8) is 0 Å². The molecule has 1 aromatic carbocycles. The third kappa shape index (κ3) is 2.62. The minimum absolute atomic E-state index is 0.338. The molecule has 2 aromatic rings. The zero-order valence-electron chi connectivity index (χ0n) is 10.1. The van der Waals surface area contributed by atoms with Crippen molar-refractivity contribution in [3.05, 3.63) is 40.7 Å². The molecule has 18 heavy (non-hydrogen) atoms. The van der Waals surface area contributed by atoms with Crippen molar-refractivity contribution in [2.24, 2.45) is 5.10 Å². The van der Waals surface area contributed by atoms with Crippen molar-refractivity contribution in [1.29, 1.82) is 0 Å². The Hall–Kier alpha value is -2.01. The fraction of sp³-hybridized carbons (Fsp3) is 0.167. The van der Waals surface area contributed by atoms with Crippen LogP contribution in [0.3, 0.4) is 0 Å². The lowest BCUT2D eigenvalue weighted by Gasteiger charge is -2.04. The second kappa shape index (κ2) is 5.10. The molecule has 0 aliphatic carbocycles. The molecule has 0 aliphatic heterocycles. The molecule has 5 nitrogen and oxygen atoms in total. The number of hydrogen-bond donors (Lipinski definition) is 1. The number of benzene rings is 1. The Morgan fingerprint density at radius 3 is 2.89 bits per heavy atom. The van der Waals surface area contributed by atoms with Gasteiger partial charge in [-0.25, -0.2) is 9.66 Å². The van der Waals surface area contributed by atoms with Gasteiger partial charge in [0.1, 0.15) is 5.75 Å². The molecule has 0 aliphatic rings. The average Bonchev–Trinajstić information content (AvgIpc) is 2.65. The maximum absolute atomic E-state index is 5.93. The Morgan fingerprint density at radius 1 is 1.50 bits per heavy atom. The summed E-state index contributed by atoms with van der Waals surface area (Å²) in [6.45, 7) is 1.85. The topological polar surface area (TPSA) is 65.4 Å². The molecular formula is C12H13ClN4O. The van der Waals surface area contributed by atoms with Crippen LogP contribution in [-0.4, -0.2) is 23.0 Å². The maximum Gasteiger partial charge on any atom is 0.221 e. The molecule has 0 saturated heterocycles. The highest BCUT2D eigenvalue weighted by Gasteiger charge is 2.02. The van der Waals surface area contributed by atoms with E-state index in [1.54, 1.807) is 37.7 Å². The van der Waals surface area contributed by atoms with Gasteiger partial charge in [-0.1, -0.05) is 11.6 Å². The second-order valence-electron chi connectivity index (χ2n) is 3.72. The summed E-state index contributed by atoms with van der Waals surface area (Å²) >= 11 is 5.93. The predicted octanol–water partition coefficient (Wildman–Crippen LogP) is 2.32. The Labute approximate surface area is 110 Å². The van der Waals surface area contributed by atoms with Crippen molar-refractivity contribution in [1.82, 2.24) is 9.66 Å². The molecule has 2 N–H and O–H groups in total. The van der Waals surface area contributed by atoms with E-state index in [0.29, 0.717) is 16.7 Å². The minimum atomic E-state index is 0.338. The van der Waals surface area contributed by atoms with Crippen LogP contribution in [-0.2, 0) is 0 Å². The zero-order chi connectivity index (χ0) is 13.1. The van der Waals surface area contributed by atoms with Gasteiger partial charge in [0.05, 0.1) is 25.2 Å². The molecule has 0 amide bonds. The third-order valence-corrected chi connectivity index (χ3v) is 2.58. The third-order valence-electron chi connectivity index (χ3n) is 2.35. The van der Waals surface area contributed by atoms with E-state index in [1.807, 2.05) is 6.92 Å². The van der Waals surface area contributed by atoms with Gasteiger partial charge in [-0.15, -0.1) is 0 Å². The van der Waals surface area contributed by atoms with E-state index in [-0.39, 0.29) is 0 Å². The number of aromatic nitrogens is 2. The van der Waals surface area contributed by atoms with E-state index in [2.05, 4.69) is 10.1 Å². The summed E-state index contributed by atoms with van der Waals surface area (Å²) in [6.07, 6.45) is 3.37. The van der Waals surface area contributed by atoms with Gasteiger partial charge >= 0.3 is 0 Å². The van der Waals surface area contributed by atoms with Crippen LogP contribution >= 0.6 is 11.6 Å². The number of ether oxygens (including phenoxy) is 1. The van der Waals surface area contributed by atoms with Crippen LogP contribution in [0.5, 0.6) is 5.75 Å². The number of imidazole rings is 1. The van der Waals surface area contributed by atoms with Gasteiger partial charge in [0.2, 0.25) is 5.95 Å². The first-order chi connectivity index (χ1) is 8.60. The summed E-state index contributed by atoms with van der Waals surface area (Å²) < 4.78 is 6.71. The number of nitrogen functional groups attached to an aromatic ring is 1. The highest BCUT2D eigenvalue weighted by atomic mass is 35.5. The fourth-order valence-corrected chi connectivity index (χ4v) is 1.71. The fourth-order valence-electron chi connectivity index (χ4n) is 1.53. The molecule has 1 heterocycles. The number of anilines is 1. The minimum Gasteiger partial charge on any atom is -0.496 e. The Kier molecular flexibility index (Phi) is 3.53. The molecule has 0 fully saturated rings. The largest absolute Gasteiger partial charge is 0.496 e. The van der Waals surface area contributed by atoms with E-state index < -0.39 is 0 Å². The Morgan fingerprint density at radius 2 is 2.28 bits per heavy atom. The van der Waals surface area contributed by atoms with Crippen molar-refractivity contribution >= 4 is 23.8 Å². The molecule has 0 radical (unpaired) electrons. The zero-order valence-corrected chi connectivity index (χ0v) is 10.8. The molecule has 0 atom stereocenters. The van der Waals surface area contributed by atoms with E-state index in [4.69, 9.17) is 22.1 Å². The number of methoxy groups -OCH3 is 1. The molecule has 0 spiro atoms. The van der Waals surface area contributed by atoms with E-state index in [0.717, 1.165) is 11.3 Å². The smallest absolute Gasteiger partial charge is 0.221 e. The van der Waals surface area contributed by atoms with E-state index in [9.17, 15) is 0 Å². The number of nitrogens with two attached hydrogens (primary N) is 1. The standard InChI is InChI=1S/C12H13ClN4O/c1-8-7-17(12(14)16-8)15-6-9-5-10(13)3-4-11(9)18-2/h3-7H,1-2H3,(H2,14,16). The van der Waals surface area contributed by atoms with Gasteiger partial charge in [-0.05, 0) is 25.1 Å². The average molecular weight is 265 g/mol. The van der Waals surface area contributed by atoms with Crippen molar-refractivity contribution in [2.75, 3.05) is 12.8 Å². The maximum atomic E-state index is 5.93. The highest BCUT2D eigenvalue weighted by molar-refractivity contribution is 6.30. The van der Waals surface area contributed by atoms with Gasteiger partial charge in [0, 0.05) is 10.6 Å². The molecule has 2 rings (SSSR count). The summed E-state index contributed by atoms with van der Waals surface area (Å²) in [5, 5.41) is 4.83. The summed E-state index contributed by atoms with van der Waals surface area (Å²) in [7, 11) is 1.59. The van der Waals surface area contributed by atoms with E-state index >= 15 is 0 Å². The first kappa shape index (κ1) is 12.4. The van der Waals surface area contributed by atoms with Crippen molar-refractivity contribution in [3.8, 4) is 5.75 Å². The SMILES string of the molecule is COc1ccc(Cl)cc1C=Nn1cc(C)nc1N. The highest BCUT2D eigenvalue weighted by Crippen LogP contribution is 2.21. The lowest BCUT2D eigenvalue weighted by molar-refractivity contribution is 0.414. The summed E-state index contributed by atoms with van der Waals surface area (Å²) in [4.78, 5) is 4.05. The quantitative estimate of drug-likeness (QED) is 0.865. The van der Waals surface area contributed by atoms with Crippen LogP contribution in [0.4, 0.5) is 5.95 Å². The van der Waals surface area contributed by atoms with Crippen molar-refractivity contribution < 1.29 is 4.74 Å². The van der Waals surface area contributed by atoms with Gasteiger partial charge in [0.15, 0.2) is 0 Å². The summed E-state index contributed by atoms with van der Waals surface area (Å²) in [5.74, 6) is 1.03. The van der Waals surface area contributed by atoms with Gasteiger partial charge in [-0.3, -0.25) is 0 Å². The molecule has 1 aromatic heterocycles. The van der Waals surface area contributed by atoms with Gasteiger partial charge in [0.25, 0.3) is 0 Å².